The lowest BCUT2D eigenvalue weighted by molar-refractivity contribution is 0.279. The third kappa shape index (κ3) is 5.32. The molecule has 0 heterocycles. The van der Waals surface area contributed by atoms with E-state index in [0.29, 0.717) is 28.8 Å². The average molecular weight is 503 g/mol. The van der Waals surface area contributed by atoms with Gasteiger partial charge < -0.3 is 14.8 Å². The zero-order chi connectivity index (χ0) is 21.0. The van der Waals surface area contributed by atoms with Crippen molar-refractivity contribution in [2.45, 2.75) is 13.2 Å². The molecular weight excluding hydrogens is 487 g/mol. The van der Waals surface area contributed by atoms with Gasteiger partial charge in [-0.25, -0.2) is 8.78 Å². The Morgan fingerprint density at radius 3 is 2.45 bits per heavy atom. The van der Waals surface area contributed by atoms with Gasteiger partial charge in [-0.3, -0.25) is 0 Å². The van der Waals surface area contributed by atoms with Crippen LogP contribution in [0, 0.1) is 11.6 Å². The Labute approximate surface area is 185 Å². The quantitative estimate of drug-likeness (QED) is 0.369. The third-order valence-corrected chi connectivity index (χ3v) is 5.55. The van der Waals surface area contributed by atoms with E-state index in [1.807, 2.05) is 0 Å². The maximum absolute atomic E-state index is 13.9. The van der Waals surface area contributed by atoms with E-state index in [9.17, 15) is 8.78 Å². The molecule has 3 aromatic rings. The normalized spacial score (nSPS) is 10.7. The molecule has 0 saturated carbocycles. The van der Waals surface area contributed by atoms with Gasteiger partial charge in [0, 0.05) is 22.3 Å². The second-order valence-corrected chi connectivity index (χ2v) is 7.73. The molecule has 0 unspecified atom stereocenters. The number of hydrogen-bond donors (Lipinski definition) is 1. The molecule has 0 fully saturated rings. The van der Waals surface area contributed by atoms with Crippen LogP contribution in [0.3, 0.4) is 0 Å². The van der Waals surface area contributed by atoms with Crippen molar-refractivity contribution in [3.05, 3.63) is 85.8 Å². The topological polar surface area (TPSA) is 30.5 Å². The standard InChI is InChI=1S/C21H16BrCl2F2NO2/c1-28-20-7-12(10-27-13-5-6-19(26)17(24)8-13)15(22)9-21(20)29-11-14-16(23)3-2-4-18(14)25/h2-9,27H,10-11H2,1H3. The number of anilines is 1. The largest absolute Gasteiger partial charge is 0.493 e. The first kappa shape index (κ1) is 21.7. The molecule has 0 spiro atoms. The van der Waals surface area contributed by atoms with Crippen LogP contribution in [0.1, 0.15) is 11.1 Å². The van der Waals surface area contributed by atoms with Gasteiger partial charge in [0.15, 0.2) is 11.5 Å². The molecule has 0 aliphatic carbocycles. The van der Waals surface area contributed by atoms with Crippen LogP contribution in [0.15, 0.2) is 53.0 Å². The van der Waals surface area contributed by atoms with Gasteiger partial charge in [0.1, 0.15) is 18.2 Å². The summed E-state index contributed by atoms with van der Waals surface area (Å²) in [5.74, 6) is 0.00714. The molecule has 0 bridgehead atoms. The van der Waals surface area contributed by atoms with Gasteiger partial charge in [-0.15, -0.1) is 0 Å². The molecule has 0 amide bonds. The molecule has 8 heteroatoms. The molecule has 1 N–H and O–H groups in total. The number of methoxy groups -OCH3 is 1. The lowest BCUT2D eigenvalue weighted by Crippen LogP contribution is -2.04. The smallest absolute Gasteiger partial charge is 0.162 e. The zero-order valence-corrected chi connectivity index (χ0v) is 18.3. The lowest BCUT2D eigenvalue weighted by atomic mass is 10.2. The Balaban J connectivity index is 1.75. The molecule has 3 aromatic carbocycles. The Morgan fingerprint density at radius 1 is 0.966 bits per heavy atom. The van der Waals surface area contributed by atoms with Crippen LogP contribution in [0.4, 0.5) is 14.5 Å². The fourth-order valence-corrected chi connectivity index (χ4v) is 3.47. The molecule has 0 aliphatic rings. The third-order valence-electron chi connectivity index (χ3n) is 4.17. The highest BCUT2D eigenvalue weighted by molar-refractivity contribution is 9.10. The summed E-state index contributed by atoms with van der Waals surface area (Å²) in [5.41, 5.74) is 1.82. The van der Waals surface area contributed by atoms with Crippen LogP contribution in [-0.4, -0.2) is 7.11 Å². The number of benzene rings is 3. The average Bonchev–Trinajstić information content (AvgIpc) is 2.69. The molecule has 3 rings (SSSR count). The molecular formula is C21H16BrCl2F2NO2. The van der Waals surface area contributed by atoms with Gasteiger partial charge in [-0.1, -0.05) is 45.2 Å². The Hall–Kier alpha value is -2.02. The summed E-state index contributed by atoms with van der Waals surface area (Å²) in [6.45, 7) is 0.387. The number of ether oxygens (including phenoxy) is 2. The summed E-state index contributed by atoms with van der Waals surface area (Å²) in [4.78, 5) is 0. The molecule has 0 radical (unpaired) electrons. The molecule has 0 aromatic heterocycles. The van der Waals surface area contributed by atoms with Gasteiger partial charge in [-0.2, -0.15) is 0 Å². The van der Waals surface area contributed by atoms with E-state index in [4.69, 9.17) is 32.7 Å². The predicted octanol–water partition coefficient (Wildman–Crippen LogP) is 7.23. The van der Waals surface area contributed by atoms with Crippen molar-refractivity contribution in [2.75, 3.05) is 12.4 Å². The highest BCUT2D eigenvalue weighted by Gasteiger charge is 2.13. The van der Waals surface area contributed by atoms with E-state index >= 15 is 0 Å². The second kappa shape index (κ2) is 9.65. The van der Waals surface area contributed by atoms with E-state index in [2.05, 4.69) is 21.2 Å². The Bertz CT molecular complexity index is 1010. The Kier molecular flexibility index (Phi) is 7.22. The maximum Gasteiger partial charge on any atom is 0.162 e. The monoisotopic (exact) mass is 501 g/mol. The van der Waals surface area contributed by atoms with E-state index in [0.717, 1.165) is 10.0 Å². The summed E-state index contributed by atoms with van der Waals surface area (Å²) in [6, 6.07) is 12.4. The minimum absolute atomic E-state index is 0.0417. The minimum atomic E-state index is -0.475. The van der Waals surface area contributed by atoms with Crippen molar-refractivity contribution in [3.63, 3.8) is 0 Å². The highest BCUT2D eigenvalue weighted by atomic mass is 79.9. The predicted molar refractivity (Wildman–Crippen MR) is 115 cm³/mol. The highest BCUT2D eigenvalue weighted by Crippen LogP contribution is 2.35. The van der Waals surface area contributed by atoms with Crippen molar-refractivity contribution >= 4 is 44.8 Å². The number of nitrogens with one attached hydrogen (secondary N) is 1. The number of halogens is 5. The molecule has 29 heavy (non-hydrogen) atoms. The van der Waals surface area contributed by atoms with Crippen LogP contribution < -0.4 is 14.8 Å². The summed E-state index contributed by atoms with van der Waals surface area (Å²) in [5, 5.41) is 3.51. The first-order valence-electron chi connectivity index (χ1n) is 8.50. The minimum Gasteiger partial charge on any atom is -0.493 e. The number of rotatable bonds is 7. The first-order valence-corrected chi connectivity index (χ1v) is 10.0. The second-order valence-electron chi connectivity index (χ2n) is 6.07. The van der Waals surface area contributed by atoms with Crippen LogP contribution in [0.5, 0.6) is 11.5 Å². The molecule has 0 atom stereocenters. The van der Waals surface area contributed by atoms with Crippen molar-refractivity contribution in [1.29, 1.82) is 0 Å². The summed E-state index contributed by atoms with van der Waals surface area (Å²) in [7, 11) is 1.52. The fraction of sp³-hybridized carbons (Fsp3) is 0.143. The van der Waals surface area contributed by atoms with Crippen molar-refractivity contribution in [1.82, 2.24) is 0 Å². The fourth-order valence-electron chi connectivity index (χ4n) is 2.61. The van der Waals surface area contributed by atoms with E-state index in [-0.39, 0.29) is 17.2 Å². The van der Waals surface area contributed by atoms with Crippen LogP contribution >= 0.6 is 39.1 Å². The Morgan fingerprint density at radius 2 is 1.76 bits per heavy atom. The SMILES string of the molecule is COc1cc(CNc2ccc(F)c(Cl)c2)c(Br)cc1OCc1c(F)cccc1Cl. The first-order chi connectivity index (χ1) is 13.9. The summed E-state index contributed by atoms with van der Waals surface area (Å²) < 4.78 is 39.1. The van der Waals surface area contributed by atoms with Crippen LogP contribution in [0.25, 0.3) is 0 Å². The van der Waals surface area contributed by atoms with Gasteiger partial charge in [0.25, 0.3) is 0 Å². The van der Waals surface area contributed by atoms with E-state index in [1.165, 1.54) is 31.4 Å². The maximum atomic E-state index is 13.9. The van der Waals surface area contributed by atoms with Gasteiger partial charge in [0.05, 0.1) is 17.2 Å². The lowest BCUT2D eigenvalue weighted by Gasteiger charge is -2.15. The van der Waals surface area contributed by atoms with Crippen LogP contribution in [0.2, 0.25) is 10.0 Å². The van der Waals surface area contributed by atoms with Crippen molar-refractivity contribution in [2.24, 2.45) is 0 Å². The molecule has 152 valence electrons. The van der Waals surface area contributed by atoms with Crippen molar-refractivity contribution in [3.8, 4) is 11.5 Å². The molecule has 0 aliphatic heterocycles. The summed E-state index contributed by atoms with van der Waals surface area (Å²) in [6.07, 6.45) is 0. The van der Waals surface area contributed by atoms with Crippen LogP contribution in [-0.2, 0) is 13.2 Å². The van der Waals surface area contributed by atoms with Gasteiger partial charge >= 0.3 is 0 Å². The zero-order valence-electron chi connectivity index (χ0n) is 15.2. The molecule has 3 nitrogen and oxygen atoms in total. The number of hydrogen-bond acceptors (Lipinski definition) is 3. The van der Waals surface area contributed by atoms with Crippen molar-refractivity contribution < 1.29 is 18.3 Å². The summed E-state index contributed by atoms with van der Waals surface area (Å²) >= 11 is 15.4. The van der Waals surface area contributed by atoms with E-state index in [1.54, 1.807) is 24.3 Å². The molecule has 0 saturated heterocycles. The van der Waals surface area contributed by atoms with E-state index < -0.39 is 11.6 Å². The van der Waals surface area contributed by atoms with Gasteiger partial charge in [-0.05, 0) is 48.0 Å². The van der Waals surface area contributed by atoms with Gasteiger partial charge in [0.2, 0.25) is 0 Å².